The van der Waals surface area contributed by atoms with E-state index in [9.17, 15) is 0 Å². The number of nitrogens with zero attached hydrogens (tertiary/aromatic N) is 5. The van der Waals surface area contributed by atoms with Gasteiger partial charge in [-0.2, -0.15) is 0 Å². The third-order valence-electron chi connectivity index (χ3n) is 5.45. The molecule has 0 N–H and O–H groups in total. The molecule has 27 heavy (non-hydrogen) atoms. The maximum atomic E-state index is 4.90. The first kappa shape index (κ1) is 18.0. The van der Waals surface area contributed by atoms with E-state index in [-0.39, 0.29) is 0 Å². The van der Waals surface area contributed by atoms with Gasteiger partial charge in [-0.1, -0.05) is 18.2 Å². The molecule has 4 rings (SSSR count). The number of fused-ring (bicyclic) bond motifs is 1. The molecule has 5 heteroatoms. The van der Waals surface area contributed by atoms with Gasteiger partial charge in [0.25, 0.3) is 0 Å². The smallest absolute Gasteiger partial charge is 0.129 e. The summed E-state index contributed by atoms with van der Waals surface area (Å²) < 4.78 is 2.35. The molecule has 3 heterocycles. The monoisotopic (exact) mass is 363 g/mol. The number of hydrogen-bond acceptors (Lipinski definition) is 4. The highest BCUT2D eigenvalue weighted by molar-refractivity contribution is 5.80. The summed E-state index contributed by atoms with van der Waals surface area (Å²) in [5.41, 5.74) is 1.07. The predicted molar refractivity (Wildman–Crippen MR) is 111 cm³/mol. The summed E-state index contributed by atoms with van der Waals surface area (Å²) in [6.45, 7) is 4.22. The molecule has 1 aliphatic rings. The summed E-state index contributed by atoms with van der Waals surface area (Å²) >= 11 is 0. The number of hydrogen-bond donors (Lipinski definition) is 0. The SMILES string of the molecule is CN(C)CCCn1ccnc1[C@H]1CCCN(c2ccc3ccccc3n2)C1. The van der Waals surface area contributed by atoms with E-state index in [2.05, 4.69) is 71.1 Å². The molecule has 1 aromatic carbocycles. The minimum Gasteiger partial charge on any atom is -0.356 e. The van der Waals surface area contributed by atoms with Gasteiger partial charge in [0.2, 0.25) is 0 Å². The predicted octanol–water partition coefficient (Wildman–Crippen LogP) is 3.77. The van der Waals surface area contributed by atoms with Crippen molar-refractivity contribution in [1.29, 1.82) is 0 Å². The molecule has 1 aliphatic heterocycles. The summed E-state index contributed by atoms with van der Waals surface area (Å²) in [5.74, 6) is 2.80. The number of anilines is 1. The van der Waals surface area contributed by atoms with Crippen LogP contribution in [0.5, 0.6) is 0 Å². The Bertz CT molecular complexity index is 885. The molecule has 1 saturated heterocycles. The van der Waals surface area contributed by atoms with Crippen molar-refractivity contribution in [1.82, 2.24) is 19.4 Å². The number of aryl methyl sites for hydroxylation is 1. The first-order valence-corrected chi connectivity index (χ1v) is 9.97. The zero-order valence-electron chi connectivity index (χ0n) is 16.4. The van der Waals surface area contributed by atoms with Crippen molar-refractivity contribution < 1.29 is 0 Å². The second-order valence-corrected chi connectivity index (χ2v) is 7.78. The van der Waals surface area contributed by atoms with Crippen LogP contribution in [0, 0.1) is 0 Å². The fourth-order valence-electron chi connectivity index (χ4n) is 4.05. The lowest BCUT2D eigenvalue weighted by atomic mass is 9.97. The topological polar surface area (TPSA) is 37.2 Å². The summed E-state index contributed by atoms with van der Waals surface area (Å²) in [6, 6.07) is 12.7. The zero-order valence-corrected chi connectivity index (χ0v) is 16.4. The summed E-state index contributed by atoms with van der Waals surface area (Å²) in [5, 5.41) is 1.20. The largest absolute Gasteiger partial charge is 0.356 e. The number of para-hydroxylation sites is 1. The Morgan fingerprint density at radius 3 is 2.93 bits per heavy atom. The van der Waals surface area contributed by atoms with E-state index in [1.807, 2.05) is 6.20 Å². The van der Waals surface area contributed by atoms with Gasteiger partial charge < -0.3 is 14.4 Å². The van der Waals surface area contributed by atoms with Crippen LogP contribution in [0.15, 0.2) is 48.8 Å². The minimum atomic E-state index is 0.473. The van der Waals surface area contributed by atoms with E-state index in [1.165, 1.54) is 24.1 Å². The third kappa shape index (κ3) is 4.14. The van der Waals surface area contributed by atoms with E-state index in [4.69, 9.17) is 9.97 Å². The van der Waals surface area contributed by atoms with Gasteiger partial charge in [-0.15, -0.1) is 0 Å². The molecule has 0 radical (unpaired) electrons. The number of pyridine rings is 1. The Kier molecular flexibility index (Phi) is 5.39. The fraction of sp³-hybridized carbons (Fsp3) is 0.455. The number of rotatable bonds is 6. The van der Waals surface area contributed by atoms with Gasteiger partial charge in [-0.25, -0.2) is 9.97 Å². The average Bonchev–Trinajstić information content (AvgIpc) is 3.16. The summed E-state index contributed by atoms with van der Waals surface area (Å²) in [7, 11) is 4.26. The molecule has 0 unspecified atom stereocenters. The van der Waals surface area contributed by atoms with Crippen LogP contribution >= 0.6 is 0 Å². The molecule has 3 aromatic rings. The molecule has 0 spiro atoms. The van der Waals surface area contributed by atoms with Crippen molar-refractivity contribution in [2.24, 2.45) is 0 Å². The first-order valence-electron chi connectivity index (χ1n) is 9.97. The highest BCUT2D eigenvalue weighted by Gasteiger charge is 2.25. The summed E-state index contributed by atoms with van der Waals surface area (Å²) in [6.07, 6.45) is 7.63. The van der Waals surface area contributed by atoms with Crippen LogP contribution in [0.2, 0.25) is 0 Å². The summed E-state index contributed by atoms with van der Waals surface area (Å²) in [4.78, 5) is 14.3. The van der Waals surface area contributed by atoms with Crippen LogP contribution in [-0.2, 0) is 6.54 Å². The van der Waals surface area contributed by atoms with Crippen molar-refractivity contribution >= 4 is 16.7 Å². The minimum absolute atomic E-state index is 0.473. The lowest BCUT2D eigenvalue weighted by Crippen LogP contribution is -2.36. The van der Waals surface area contributed by atoms with E-state index < -0.39 is 0 Å². The van der Waals surface area contributed by atoms with Crippen molar-refractivity contribution in [2.75, 3.05) is 38.6 Å². The van der Waals surface area contributed by atoms with Gasteiger partial charge in [0.05, 0.1) is 5.52 Å². The van der Waals surface area contributed by atoms with Gasteiger partial charge in [-0.05, 0) is 58.1 Å². The zero-order chi connectivity index (χ0) is 18.6. The molecule has 2 aromatic heterocycles. The van der Waals surface area contributed by atoms with E-state index in [0.29, 0.717) is 5.92 Å². The lowest BCUT2D eigenvalue weighted by molar-refractivity contribution is 0.380. The maximum absolute atomic E-state index is 4.90. The van der Waals surface area contributed by atoms with Crippen molar-refractivity contribution in [3.05, 3.63) is 54.6 Å². The Labute approximate surface area is 161 Å². The highest BCUT2D eigenvalue weighted by Crippen LogP contribution is 2.29. The van der Waals surface area contributed by atoms with Crippen molar-refractivity contribution in [3.63, 3.8) is 0 Å². The van der Waals surface area contributed by atoms with E-state index in [0.717, 1.165) is 43.9 Å². The number of imidazole rings is 1. The van der Waals surface area contributed by atoms with Crippen LogP contribution in [-0.4, -0.2) is 53.2 Å². The third-order valence-corrected chi connectivity index (χ3v) is 5.45. The lowest BCUT2D eigenvalue weighted by Gasteiger charge is -2.33. The molecular weight excluding hydrogens is 334 g/mol. The van der Waals surface area contributed by atoms with Crippen LogP contribution in [0.25, 0.3) is 10.9 Å². The number of piperidine rings is 1. The molecule has 1 fully saturated rings. The quantitative estimate of drug-likeness (QED) is 0.668. The molecule has 0 aliphatic carbocycles. The Morgan fingerprint density at radius 2 is 2.04 bits per heavy atom. The molecule has 142 valence electrons. The number of aromatic nitrogens is 3. The van der Waals surface area contributed by atoms with Crippen LogP contribution in [0.1, 0.15) is 31.0 Å². The molecule has 5 nitrogen and oxygen atoms in total. The van der Waals surface area contributed by atoms with Crippen molar-refractivity contribution in [2.45, 2.75) is 31.7 Å². The van der Waals surface area contributed by atoms with Gasteiger partial charge in [0.1, 0.15) is 11.6 Å². The van der Waals surface area contributed by atoms with Gasteiger partial charge in [0, 0.05) is 43.3 Å². The normalized spacial score (nSPS) is 17.7. The fourth-order valence-corrected chi connectivity index (χ4v) is 4.05. The van der Waals surface area contributed by atoms with Gasteiger partial charge in [-0.3, -0.25) is 0 Å². The standard InChI is InChI=1S/C22H29N5/c1-25(2)13-6-15-26-16-12-23-22(26)19-8-5-14-27(17-19)21-11-10-18-7-3-4-9-20(18)24-21/h3-4,7,9-12,16,19H,5-6,8,13-15,17H2,1-2H3/t19-/m0/s1. The molecule has 0 saturated carbocycles. The van der Waals surface area contributed by atoms with Crippen LogP contribution in [0.3, 0.4) is 0 Å². The van der Waals surface area contributed by atoms with Gasteiger partial charge in [0.15, 0.2) is 0 Å². The van der Waals surface area contributed by atoms with E-state index in [1.54, 1.807) is 0 Å². The molecule has 0 amide bonds. The van der Waals surface area contributed by atoms with Crippen LogP contribution in [0.4, 0.5) is 5.82 Å². The number of benzene rings is 1. The van der Waals surface area contributed by atoms with Gasteiger partial charge >= 0.3 is 0 Å². The maximum Gasteiger partial charge on any atom is 0.129 e. The second kappa shape index (κ2) is 8.09. The highest BCUT2D eigenvalue weighted by atomic mass is 15.2. The second-order valence-electron chi connectivity index (χ2n) is 7.78. The molecular formula is C22H29N5. The average molecular weight is 364 g/mol. The molecule has 1 atom stereocenters. The Hall–Kier alpha value is -2.40. The molecule has 0 bridgehead atoms. The first-order chi connectivity index (χ1) is 13.2. The van der Waals surface area contributed by atoms with Crippen molar-refractivity contribution in [3.8, 4) is 0 Å². The van der Waals surface area contributed by atoms with E-state index >= 15 is 0 Å². The Morgan fingerprint density at radius 1 is 1.15 bits per heavy atom. The van der Waals surface area contributed by atoms with Crippen LogP contribution < -0.4 is 4.90 Å². The Balaban J connectivity index is 1.49.